The first-order chi connectivity index (χ1) is 6.68. The summed E-state index contributed by atoms with van der Waals surface area (Å²) in [5.74, 6) is 1.52. The fourth-order valence-electron chi connectivity index (χ4n) is 1.43. The lowest BCUT2D eigenvalue weighted by Crippen LogP contribution is -2.23. The molecule has 0 N–H and O–H groups in total. The summed E-state index contributed by atoms with van der Waals surface area (Å²) in [5, 5.41) is 0. The summed E-state index contributed by atoms with van der Waals surface area (Å²) < 4.78 is 5.64. The summed E-state index contributed by atoms with van der Waals surface area (Å²) in [7, 11) is 4.16. The average Bonchev–Trinajstić information content (AvgIpc) is 2.15. The van der Waals surface area contributed by atoms with Gasteiger partial charge >= 0.3 is 0 Å². The van der Waals surface area contributed by atoms with Gasteiger partial charge in [0, 0.05) is 12.5 Å². The van der Waals surface area contributed by atoms with Gasteiger partial charge in [0.05, 0.1) is 6.61 Å². The minimum atomic E-state index is 0.560. The molecule has 14 heavy (non-hydrogen) atoms. The lowest BCUT2D eigenvalue weighted by atomic mass is 10.2. The van der Waals surface area contributed by atoms with Crippen LogP contribution in [0.3, 0.4) is 0 Å². The van der Waals surface area contributed by atoms with Gasteiger partial charge < -0.3 is 9.64 Å². The third kappa shape index (κ3) is 4.28. The molecule has 1 rings (SSSR count). The maximum absolute atomic E-state index is 5.64. The Balaban J connectivity index is 2.27. The van der Waals surface area contributed by atoms with Gasteiger partial charge in [-0.15, -0.1) is 0 Å². The van der Waals surface area contributed by atoms with Gasteiger partial charge in [-0.1, -0.05) is 25.1 Å². The molecule has 0 spiro atoms. The Hall–Kier alpha value is -1.02. The average molecular weight is 193 g/mol. The summed E-state index contributed by atoms with van der Waals surface area (Å²) in [6, 6.07) is 9.96. The van der Waals surface area contributed by atoms with Gasteiger partial charge in [0.2, 0.25) is 0 Å². The molecule has 0 bridgehead atoms. The van der Waals surface area contributed by atoms with Crippen LogP contribution < -0.4 is 4.74 Å². The van der Waals surface area contributed by atoms with Gasteiger partial charge in [-0.2, -0.15) is 0 Å². The molecule has 1 atom stereocenters. The third-order valence-electron chi connectivity index (χ3n) is 1.95. The number of benzene rings is 1. The zero-order chi connectivity index (χ0) is 10.4. The van der Waals surface area contributed by atoms with Crippen LogP contribution in [-0.4, -0.2) is 32.1 Å². The predicted molar refractivity (Wildman–Crippen MR) is 59.7 cm³/mol. The van der Waals surface area contributed by atoms with Crippen LogP contribution in [0.2, 0.25) is 0 Å². The van der Waals surface area contributed by atoms with Crippen LogP contribution in [0.25, 0.3) is 0 Å². The monoisotopic (exact) mass is 193 g/mol. The van der Waals surface area contributed by atoms with E-state index in [4.69, 9.17) is 4.74 Å². The van der Waals surface area contributed by atoms with E-state index in [1.54, 1.807) is 0 Å². The van der Waals surface area contributed by atoms with Crippen LogP contribution in [0.4, 0.5) is 0 Å². The molecule has 0 amide bonds. The van der Waals surface area contributed by atoms with Crippen molar-refractivity contribution in [2.45, 2.75) is 6.92 Å². The minimum absolute atomic E-state index is 0.560. The van der Waals surface area contributed by atoms with Crippen molar-refractivity contribution in [2.24, 2.45) is 5.92 Å². The zero-order valence-corrected chi connectivity index (χ0v) is 9.23. The highest BCUT2D eigenvalue weighted by atomic mass is 16.5. The molecule has 0 aliphatic carbocycles. The summed E-state index contributed by atoms with van der Waals surface area (Å²) in [5.41, 5.74) is 0. The van der Waals surface area contributed by atoms with Crippen molar-refractivity contribution in [3.63, 3.8) is 0 Å². The second-order valence-electron chi connectivity index (χ2n) is 3.99. The third-order valence-corrected chi connectivity index (χ3v) is 1.95. The van der Waals surface area contributed by atoms with E-state index in [1.807, 2.05) is 30.3 Å². The molecule has 0 fully saturated rings. The molecular weight excluding hydrogens is 174 g/mol. The fourth-order valence-corrected chi connectivity index (χ4v) is 1.43. The van der Waals surface area contributed by atoms with E-state index in [-0.39, 0.29) is 0 Å². The van der Waals surface area contributed by atoms with Crippen LogP contribution in [0.15, 0.2) is 30.3 Å². The smallest absolute Gasteiger partial charge is 0.119 e. The maximum atomic E-state index is 5.64. The Morgan fingerprint density at radius 3 is 2.43 bits per heavy atom. The van der Waals surface area contributed by atoms with Gasteiger partial charge in [-0.05, 0) is 26.2 Å². The highest BCUT2D eigenvalue weighted by Gasteiger charge is 2.03. The summed E-state index contributed by atoms with van der Waals surface area (Å²) in [6.07, 6.45) is 0. The Labute approximate surface area is 86.5 Å². The lowest BCUT2D eigenvalue weighted by Gasteiger charge is -2.17. The molecule has 2 nitrogen and oxygen atoms in total. The van der Waals surface area contributed by atoms with E-state index in [0.29, 0.717) is 5.92 Å². The molecule has 1 unspecified atom stereocenters. The van der Waals surface area contributed by atoms with Crippen molar-refractivity contribution in [3.8, 4) is 5.75 Å². The van der Waals surface area contributed by atoms with Crippen molar-refractivity contribution in [1.82, 2.24) is 4.90 Å². The van der Waals surface area contributed by atoms with Crippen LogP contribution in [0.1, 0.15) is 6.92 Å². The van der Waals surface area contributed by atoms with Gasteiger partial charge in [-0.25, -0.2) is 0 Å². The molecule has 78 valence electrons. The largest absolute Gasteiger partial charge is 0.493 e. The Bertz CT molecular complexity index is 246. The fraction of sp³-hybridized carbons (Fsp3) is 0.500. The SMILES string of the molecule is CC(COc1ccccc1)CN(C)C. The van der Waals surface area contributed by atoms with Crippen molar-refractivity contribution in [2.75, 3.05) is 27.2 Å². The van der Waals surface area contributed by atoms with Crippen LogP contribution in [0, 0.1) is 5.92 Å². The number of para-hydroxylation sites is 1. The molecule has 0 heterocycles. The molecule has 0 aliphatic rings. The Kier molecular flexibility index (Phi) is 4.47. The van der Waals surface area contributed by atoms with E-state index in [2.05, 4.69) is 25.9 Å². The van der Waals surface area contributed by atoms with Crippen molar-refractivity contribution >= 4 is 0 Å². The van der Waals surface area contributed by atoms with Crippen LogP contribution in [-0.2, 0) is 0 Å². The van der Waals surface area contributed by atoms with E-state index in [0.717, 1.165) is 18.9 Å². The standard InChI is InChI=1S/C12H19NO/c1-11(9-13(2)3)10-14-12-7-5-4-6-8-12/h4-8,11H,9-10H2,1-3H3. The topological polar surface area (TPSA) is 12.5 Å². The van der Waals surface area contributed by atoms with E-state index in [1.165, 1.54) is 0 Å². The zero-order valence-electron chi connectivity index (χ0n) is 9.23. The van der Waals surface area contributed by atoms with Crippen molar-refractivity contribution in [1.29, 1.82) is 0 Å². The molecule has 0 saturated heterocycles. The molecule has 1 aromatic rings. The first kappa shape index (κ1) is 11.1. The summed E-state index contributed by atoms with van der Waals surface area (Å²) >= 11 is 0. The normalized spacial score (nSPS) is 12.9. The van der Waals surface area contributed by atoms with E-state index < -0.39 is 0 Å². The molecule has 1 aromatic carbocycles. The molecular formula is C12H19NO. The molecule has 0 radical (unpaired) electrons. The number of nitrogens with zero attached hydrogens (tertiary/aromatic N) is 1. The van der Waals surface area contributed by atoms with Gasteiger partial charge in [0.25, 0.3) is 0 Å². The molecule has 0 aromatic heterocycles. The lowest BCUT2D eigenvalue weighted by molar-refractivity contribution is 0.222. The maximum Gasteiger partial charge on any atom is 0.119 e. The summed E-state index contributed by atoms with van der Waals surface area (Å²) in [6.45, 7) is 4.04. The number of hydrogen-bond donors (Lipinski definition) is 0. The molecule has 0 saturated carbocycles. The van der Waals surface area contributed by atoms with Crippen molar-refractivity contribution in [3.05, 3.63) is 30.3 Å². The molecule has 0 aliphatic heterocycles. The van der Waals surface area contributed by atoms with Crippen LogP contribution in [0.5, 0.6) is 5.75 Å². The molecule has 2 heteroatoms. The first-order valence-electron chi connectivity index (χ1n) is 5.01. The number of rotatable bonds is 5. The number of ether oxygens (including phenoxy) is 1. The minimum Gasteiger partial charge on any atom is -0.493 e. The second kappa shape index (κ2) is 5.66. The van der Waals surface area contributed by atoms with Crippen molar-refractivity contribution < 1.29 is 4.74 Å². The predicted octanol–water partition coefficient (Wildman–Crippen LogP) is 2.26. The van der Waals surface area contributed by atoms with Gasteiger partial charge in [0.15, 0.2) is 0 Å². The summed E-state index contributed by atoms with van der Waals surface area (Å²) in [4.78, 5) is 2.18. The van der Waals surface area contributed by atoms with Crippen LogP contribution >= 0.6 is 0 Å². The quantitative estimate of drug-likeness (QED) is 0.711. The first-order valence-corrected chi connectivity index (χ1v) is 5.01. The van der Waals surface area contributed by atoms with Gasteiger partial charge in [-0.3, -0.25) is 0 Å². The van der Waals surface area contributed by atoms with Gasteiger partial charge in [0.1, 0.15) is 5.75 Å². The van der Waals surface area contributed by atoms with E-state index in [9.17, 15) is 0 Å². The highest BCUT2D eigenvalue weighted by molar-refractivity contribution is 5.20. The number of hydrogen-bond acceptors (Lipinski definition) is 2. The van der Waals surface area contributed by atoms with E-state index >= 15 is 0 Å². The Morgan fingerprint density at radius 2 is 1.86 bits per heavy atom. The second-order valence-corrected chi connectivity index (χ2v) is 3.99. The highest BCUT2D eigenvalue weighted by Crippen LogP contribution is 2.10. The Morgan fingerprint density at radius 1 is 1.21 bits per heavy atom.